The molecule has 0 N–H and O–H groups in total. The third-order valence-corrected chi connectivity index (χ3v) is 6.62. The lowest BCUT2D eigenvalue weighted by atomic mass is 10.1. The maximum absolute atomic E-state index is 4.18. The number of fused-ring (bicyclic) bond motifs is 4. The van der Waals surface area contributed by atoms with E-state index in [4.69, 9.17) is 0 Å². The summed E-state index contributed by atoms with van der Waals surface area (Å²) in [5.41, 5.74) is 8.77. The van der Waals surface area contributed by atoms with Gasteiger partial charge in [0.2, 0.25) is 0 Å². The number of pyridine rings is 1. The number of rotatable bonds is 0. The first-order valence-corrected chi connectivity index (χ1v) is 13.2. The van der Waals surface area contributed by atoms with Gasteiger partial charge in [0.15, 0.2) is 0 Å². The second-order valence-electron chi connectivity index (χ2n) is 8.37. The highest BCUT2D eigenvalue weighted by Crippen LogP contribution is 2.17. The lowest BCUT2D eigenvalue weighted by Crippen LogP contribution is -1.78. The van der Waals surface area contributed by atoms with E-state index in [1.165, 1.54) is 21.2 Å². The smallest absolute Gasteiger partial charge is 0.0886 e. The van der Waals surface area contributed by atoms with Gasteiger partial charge in [-0.05, 0) is 53.9 Å². The largest absolute Gasteiger partial charge is 0.256 e. The Hall–Kier alpha value is -4.74. The summed E-state index contributed by atoms with van der Waals surface area (Å²) < 4.78 is 1.26. The normalized spacial score (nSPS) is 10.9. The Balaban J connectivity index is 0.000000103. The van der Waals surface area contributed by atoms with E-state index in [1.54, 1.807) is 23.7 Å². The topological polar surface area (TPSA) is 51.6 Å². The summed E-state index contributed by atoms with van der Waals surface area (Å²) in [5.74, 6) is 0. The SMILES string of the molecule is C1=Cc2ccccc2C1.c1ccc2ncccc2c1.c1ccc2nccnc2c1.c1ccc2scnc2c1. The zero-order valence-corrected chi connectivity index (χ0v) is 21.6. The average Bonchev–Trinajstić information content (AvgIpc) is 3.68. The van der Waals surface area contributed by atoms with Crippen LogP contribution < -0.4 is 0 Å². The standard InChI is InChI=1S/C9H7N.C9H8.C8H6N2.C7H5NS/c1-2-6-9-8(4-1)5-3-7-10-9;1-2-5-9-7-3-6-8(9)4-1;1-2-4-8-7(3-1)9-5-6-10-8;1-2-4-7-6(3-1)8-5-9-7/h1-7H;1-6H,7H2;1-6H;1-5H. The Kier molecular flexibility index (Phi) is 8.52. The van der Waals surface area contributed by atoms with Gasteiger partial charge >= 0.3 is 0 Å². The quantitative estimate of drug-likeness (QED) is 0.205. The predicted molar refractivity (Wildman–Crippen MR) is 160 cm³/mol. The Bertz CT molecular complexity index is 1540. The molecule has 4 aromatic carbocycles. The second-order valence-corrected chi connectivity index (χ2v) is 9.25. The fourth-order valence-electron chi connectivity index (χ4n) is 3.92. The molecule has 3 heterocycles. The number of nitrogens with zero attached hydrogens (tertiary/aromatic N) is 4. The van der Waals surface area contributed by atoms with E-state index in [0.29, 0.717) is 0 Å². The van der Waals surface area contributed by atoms with E-state index < -0.39 is 0 Å². The van der Waals surface area contributed by atoms with Gasteiger partial charge in [0.25, 0.3) is 0 Å². The molecule has 0 aliphatic heterocycles. The Morgan fingerprint density at radius 3 is 1.84 bits per heavy atom. The molecular formula is C33H26N4S. The molecule has 0 saturated heterocycles. The van der Waals surface area contributed by atoms with Crippen molar-refractivity contribution >= 4 is 49.6 Å². The van der Waals surface area contributed by atoms with Crippen LogP contribution in [0.4, 0.5) is 0 Å². The predicted octanol–water partition coefficient (Wildman–Crippen LogP) is 8.42. The molecule has 1 aliphatic rings. The van der Waals surface area contributed by atoms with Gasteiger partial charge in [0.05, 0.1) is 32.3 Å². The number of benzene rings is 4. The second kappa shape index (κ2) is 13.0. The third kappa shape index (κ3) is 6.72. The van der Waals surface area contributed by atoms with Crippen LogP contribution in [0, 0.1) is 0 Å². The van der Waals surface area contributed by atoms with E-state index in [2.05, 4.69) is 74.6 Å². The fourth-order valence-corrected chi connectivity index (χ4v) is 4.60. The van der Waals surface area contributed by atoms with E-state index in [1.807, 2.05) is 78.4 Å². The van der Waals surface area contributed by atoms with Crippen LogP contribution in [0.1, 0.15) is 11.1 Å². The molecule has 7 aromatic rings. The summed E-state index contributed by atoms with van der Waals surface area (Å²) in [4.78, 5) is 16.6. The van der Waals surface area contributed by atoms with Gasteiger partial charge < -0.3 is 0 Å². The van der Waals surface area contributed by atoms with Crippen LogP contribution >= 0.6 is 11.3 Å². The molecule has 3 aromatic heterocycles. The van der Waals surface area contributed by atoms with Crippen molar-refractivity contribution in [2.45, 2.75) is 6.42 Å². The maximum atomic E-state index is 4.18. The number of allylic oxidation sites excluding steroid dienone is 1. The summed E-state index contributed by atoms with van der Waals surface area (Å²) >= 11 is 1.68. The van der Waals surface area contributed by atoms with Crippen molar-refractivity contribution in [3.05, 3.63) is 150 Å². The lowest BCUT2D eigenvalue weighted by Gasteiger charge is -1.93. The number of hydrogen-bond donors (Lipinski definition) is 0. The van der Waals surface area contributed by atoms with Gasteiger partial charge in [-0.1, -0.05) is 84.9 Å². The zero-order valence-electron chi connectivity index (χ0n) is 20.8. The molecule has 0 bridgehead atoms. The molecule has 1 aliphatic carbocycles. The first-order chi connectivity index (χ1) is 18.9. The van der Waals surface area contributed by atoms with Crippen molar-refractivity contribution in [1.82, 2.24) is 19.9 Å². The highest BCUT2D eigenvalue weighted by atomic mass is 32.1. The Morgan fingerprint density at radius 1 is 0.500 bits per heavy atom. The maximum Gasteiger partial charge on any atom is 0.0886 e. The Morgan fingerprint density at radius 2 is 1.11 bits per heavy atom. The van der Waals surface area contributed by atoms with Crippen LogP contribution in [0.3, 0.4) is 0 Å². The van der Waals surface area contributed by atoms with Gasteiger partial charge in [0.1, 0.15) is 0 Å². The highest BCUT2D eigenvalue weighted by molar-refractivity contribution is 7.16. The highest BCUT2D eigenvalue weighted by Gasteiger charge is 2.00. The molecule has 0 spiro atoms. The number of para-hydroxylation sites is 4. The monoisotopic (exact) mass is 510 g/mol. The molecule has 0 atom stereocenters. The third-order valence-electron chi connectivity index (χ3n) is 5.81. The summed E-state index contributed by atoms with van der Waals surface area (Å²) in [6, 6.07) is 36.5. The van der Waals surface area contributed by atoms with Crippen molar-refractivity contribution < 1.29 is 0 Å². The zero-order chi connectivity index (χ0) is 25.8. The lowest BCUT2D eigenvalue weighted by molar-refractivity contribution is 1.29. The summed E-state index contributed by atoms with van der Waals surface area (Å²) in [7, 11) is 0. The van der Waals surface area contributed by atoms with Crippen LogP contribution in [0.15, 0.2) is 139 Å². The molecule has 184 valence electrons. The van der Waals surface area contributed by atoms with Crippen molar-refractivity contribution in [2.24, 2.45) is 0 Å². The average molecular weight is 511 g/mol. The minimum atomic E-state index is 0.949. The number of thiazole rings is 1. The molecule has 0 saturated carbocycles. The van der Waals surface area contributed by atoms with Crippen molar-refractivity contribution in [3.8, 4) is 0 Å². The first kappa shape index (κ1) is 24.9. The van der Waals surface area contributed by atoms with Crippen LogP contribution in [-0.2, 0) is 6.42 Å². The van der Waals surface area contributed by atoms with Gasteiger partial charge in [-0.25, -0.2) is 4.98 Å². The number of aromatic nitrogens is 4. The van der Waals surface area contributed by atoms with Crippen molar-refractivity contribution in [3.63, 3.8) is 0 Å². The van der Waals surface area contributed by atoms with Crippen LogP contribution in [0.2, 0.25) is 0 Å². The summed E-state index contributed by atoms with van der Waals surface area (Å²) in [6.45, 7) is 0. The van der Waals surface area contributed by atoms with Gasteiger partial charge in [-0.15, -0.1) is 11.3 Å². The van der Waals surface area contributed by atoms with E-state index in [9.17, 15) is 0 Å². The molecule has 0 radical (unpaired) electrons. The minimum Gasteiger partial charge on any atom is -0.256 e. The number of hydrogen-bond acceptors (Lipinski definition) is 5. The molecule has 8 rings (SSSR count). The molecule has 5 heteroatoms. The fraction of sp³-hybridized carbons (Fsp3) is 0.0303. The van der Waals surface area contributed by atoms with Gasteiger partial charge in [0, 0.05) is 24.0 Å². The molecule has 4 nitrogen and oxygen atoms in total. The van der Waals surface area contributed by atoms with E-state index in [0.717, 1.165) is 28.5 Å². The molecule has 0 amide bonds. The first-order valence-electron chi connectivity index (χ1n) is 12.3. The van der Waals surface area contributed by atoms with Crippen LogP contribution in [0.5, 0.6) is 0 Å². The molecular weight excluding hydrogens is 484 g/mol. The van der Waals surface area contributed by atoms with Gasteiger partial charge in [-0.3, -0.25) is 15.0 Å². The van der Waals surface area contributed by atoms with Gasteiger partial charge in [-0.2, -0.15) is 0 Å². The van der Waals surface area contributed by atoms with Crippen molar-refractivity contribution in [1.29, 1.82) is 0 Å². The Labute approximate surface area is 226 Å². The van der Waals surface area contributed by atoms with E-state index >= 15 is 0 Å². The van der Waals surface area contributed by atoms with Crippen LogP contribution in [-0.4, -0.2) is 19.9 Å². The summed E-state index contributed by atoms with van der Waals surface area (Å²) in [6.07, 6.45) is 10.7. The summed E-state index contributed by atoms with van der Waals surface area (Å²) in [5, 5.41) is 1.20. The molecule has 0 unspecified atom stereocenters. The van der Waals surface area contributed by atoms with Crippen LogP contribution in [0.25, 0.3) is 38.2 Å². The van der Waals surface area contributed by atoms with E-state index in [-0.39, 0.29) is 0 Å². The minimum absolute atomic E-state index is 0.949. The van der Waals surface area contributed by atoms with Crippen molar-refractivity contribution in [2.75, 3.05) is 0 Å². The molecule has 38 heavy (non-hydrogen) atoms. The molecule has 0 fully saturated rings.